The summed E-state index contributed by atoms with van der Waals surface area (Å²) in [5.41, 5.74) is -0.658. The van der Waals surface area contributed by atoms with Gasteiger partial charge < -0.3 is 9.47 Å². The summed E-state index contributed by atoms with van der Waals surface area (Å²) in [6.45, 7) is 0. The Hall–Kier alpha value is -2.31. The smallest absolute Gasteiger partial charge is 0.332 e. The van der Waals surface area contributed by atoms with Gasteiger partial charge in [-0.05, 0) is 0 Å². The molecule has 0 bridgehead atoms. The number of aromatic nitrogens is 3. The standard InChI is InChI=1S/C11H13N3O4/c1-13-9-8(10(15)14(2)11(13)16)6(17-3)5-7(12-9)18-4/h5H,1-4H3. The zero-order chi connectivity index (χ0) is 13.4. The minimum absolute atomic E-state index is 0.235. The van der Waals surface area contributed by atoms with Crippen molar-refractivity contribution in [3.63, 3.8) is 0 Å². The summed E-state index contributed by atoms with van der Waals surface area (Å²) in [6.07, 6.45) is 0. The Morgan fingerprint density at radius 3 is 2.33 bits per heavy atom. The van der Waals surface area contributed by atoms with E-state index in [0.29, 0.717) is 5.75 Å². The van der Waals surface area contributed by atoms with Crippen LogP contribution in [0.3, 0.4) is 0 Å². The Bertz CT molecular complexity index is 730. The van der Waals surface area contributed by atoms with E-state index in [1.54, 1.807) is 0 Å². The lowest BCUT2D eigenvalue weighted by atomic mass is 10.3. The van der Waals surface area contributed by atoms with Crippen LogP contribution >= 0.6 is 0 Å². The normalized spacial score (nSPS) is 10.7. The number of aryl methyl sites for hydroxylation is 1. The summed E-state index contributed by atoms with van der Waals surface area (Å²) >= 11 is 0. The van der Waals surface area contributed by atoms with E-state index in [0.717, 1.165) is 4.57 Å². The Balaban J connectivity index is 3.10. The molecular weight excluding hydrogens is 238 g/mol. The maximum absolute atomic E-state index is 12.1. The molecule has 2 heterocycles. The Labute approximate surface area is 102 Å². The highest BCUT2D eigenvalue weighted by Gasteiger charge is 2.16. The first-order valence-corrected chi connectivity index (χ1v) is 5.20. The quantitative estimate of drug-likeness (QED) is 0.729. The van der Waals surface area contributed by atoms with Crippen molar-refractivity contribution in [2.75, 3.05) is 14.2 Å². The van der Waals surface area contributed by atoms with Crippen LogP contribution in [0.25, 0.3) is 11.0 Å². The van der Waals surface area contributed by atoms with Crippen LogP contribution in [0.5, 0.6) is 11.6 Å². The van der Waals surface area contributed by atoms with Crippen molar-refractivity contribution in [1.82, 2.24) is 14.1 Å². The molecule has 0 saturated heterocycles. The largest absolute Gasteiger partial charge is 0.496 e. The predicted molar refractivity (Wildman–Crippen MR) is 65.3 cm³/mol. The third-order valence-corrected chi connectivity index (χ3v) is 2.78. The molecule has 0 aromatic carbocycles. The molecule has 2 rings (SSSR count). The summed E-state index contributed by atoms with van der Waals surface area (Å²) in [5.74, 6) is 0.607. The van der Waals surface area contributed by atoms with Crippen molar-refractivity contribution in [3.8, 4) is 11.6 Å². The molecule has 2 aromatic heterocycles. The van der Waals surface area contributed by atoms with E-state index in [9.17, 15) is 9.59 Å². The number of fused-ring (bicyclic) bond motifs is 1. The van der Waals surface area contributed by atoms with Crippen molar-refractivity contribution in [3.05, 3.63) is 26.9 Å². The first kappa shape index (κ1) is 12.2. The van der Waals surface area contributed by atoms with Crippen LogP contribution in [0.15, 0.2) is 15.7 Å². The van der Waals surface area contributed by atoms with Gasteiger partial charge in [0.25, 0.3) is 5.56 Å². The van der Waals surface area contributed by atoms with E-state index in [2.05, 4.69) is 4.98 Å². The summed E-state index contributed by atoms with van der Waals surface area (Å²) < 4.78 is 12.5. The molecule has 0 aliphatic carbocycles. The van der Waals surface area contributed by atoms with E-state index in [4.69, 9.17) is 9.47 Å². The summed E-state index contributed by atoms with van der Waals surface area (Å²) in [6, 6.07) is 1.51. The SMILES string of the molecule is COc1cc(OC)c2c(=O)n(C)c(=O)n(C)c2n1. The van der Waals surface area contributed by atoms with E-state index in [1.807, 2.05) is 0 Å². The molecule has 2 aromatic rings. The molecule has 0 radical (unpaired) electrons. The van der Waals surface area contributed by atoms with Crippen LogP contribution in [0.2, 0.25) is 0 Å². The fourth-order valence-corrected chi connectivity index (χ4v) is 1.77. The number of hydrogen-bond donors (Lipinski definition) is 0. The van der Waals surface area contributed by atoms with Gasteiger partial charge in [0.05, 0.1) is 14.2 Å². The maximum Gasteiger partial charge on any atom is 0.332 e. The number of pyridine rings is 1. The van der Waals surface area contributed by atoms with Crippen molar-refractivity contribution in [1.29, 1.82) is 0 Å². The predicted octanol–water partition coefficient (Wildman–Crippen LogP) is -0.351. The van der Waals surface area contributed by atoms with Gasteiger partial charge in [-0.25, -0.2) is 4.79 Å². The molecule has 0 atom stereocenters. The molecule has 0 aliphatic rings. The average molecular weight is 251 g/mol. The zero-order valence-electron chi connectivity index (χ0n) is 10.6. The molecule has 0 aliphatic heterocycles. The van der Waals surface area contributed by atoms with Crippen LogP contribution < -0.4 is 20.7 Å². The highest BCUT2D eigenvalue weighted by atomic mass is 16.5. The Morgan fingerprint density at radius 2 is 1.78 bits per heavy atom. The highest BCUT2D eigenvalue weighted by Crippen LogP contribution is 2.24. The topological polar surface area (TPSA) is 75.3 Å². The lowest BCUT2D eigenvalue weighted by Gasteiger charge is -2.11. The molecular formula is C11H13N3O4. The molecule has 0 spiro atoms. The van der Waals surface area contributed by atoms with Gasteiger partial charge >= 0.3 is 5.69 Å². The minimum Gasteiger partial charge on any atom is -0.496 e. The highest BCUT2D eigenvalue weighted by molar-refractivity contribution is 5.82. The second-order valence-electron chi connectivity index (χ2n) is 3.77. The molecule has 18 heavy (non-hydrogen) atoms. The van der Waals surface area contributed by atoms with Crippen molar-refractivity contribution < 1.29 is 9.47 Å². The Morgan fingerprint density at radius 1 is 1.11 bits per heavy atom. The summed E-state index contributed by atoms with van der Waals surface area (Å²) in [5, 5.41) is 0.253. The van der Waals surface area contributed by atoms with Gasteiger partial charge in [-0.3, -0.25) is 13.9 Å². The molecule has 0 unspecified atom stereocenters. The van der Waals surface area contributed by atoms with Crippen molar-refractivity contribution in [2.24, 2.45) is 14.1 Å². The van der Waals surface area contributed by atoms with Gasteiger partial charge in [0.15, 0.2) is 5.65 Å². The molecule has 7 heteroatoms. The van der Waals surface area contributed by atoms with Crippen LogP contribution in [-0.2, 0) is 14.1 Å². The van der Waals surface area contributed by atoms with E-state index in [-0.39, 0.29) is 16.9 Å². The zero-order valence-corrected chi connectivity index (χ0v) is 10.6. The number of ether oxygens (including phenoxy) is 2. The maximum atomic E-state index is 12.1. The van der Waals surface area contributed by atoms with Gasteiger partial charge in [-0.2, -0.15) is 4.98 Å². The summed E-state index contributed by atoms with van der Waals surface area (Å²) in [4.78, 5) is 28.0. The van der Waals surface area contributed by atoms with Gasteiger partial charge in [-0.1, -0.05) is 0 Å². The average Bonchev–Trinajstić information content (AvgIpc) is 2.41. The first-order valence-electron chi connectivity index (χ1n) is 5.20. The fourth-order valence-electron chi connectivity index (χ4n) is 1.77. The molecule has 96 valence electrons. The Kier molecular flexibility index (Phi) is 2.82. The molecule has 0 saturated carbocycles. The molecule has 0 N–H and O–H groups in total. The monoisotopic (exact) mass is 251 g/mol. The van der Waals surface area contributed by atoms with Crippen LogP contribution in [-0.4, -0.2) is 28.3 Å². The third-order valence-electron chi connectivity index (χ3n) is 2.78. The van der Waals surface area contributed by atoms with E-state index in [1.165, 1.54) is 38.9 Å². The summed E-state index contributed by atoms with van der Waals surface area (Å²) in [7, 11) is 5.84. The number of nitrogens with zero attached hydrogens (tertiary/aromatic N) is 3. The van der Waals surface area contributed by atoms with E-state index >= 15 is 0 Å². The minimum atomic E-state index is -0.449. The van der Waals surface area contributed by atoms with Gasteiger partial charge in [0.2, 0.25) is 5.88 Å². The van der Waals surface area contributed by atoms with Crippen LogP contribution in [0, 0.1) is 0 Å². The van der Waals surface area contributed by atoms with Gasteiger partial charge in [-0.15, -0.1) is 0 Å². The number of methoxy groups -OCH3 is 2. The van der Waals surface area contributed by atoms with Crippen LogP contribution in [0.4, 0.5) is 0 Å². The van der Waals surface area contributed by atoms with Gasteiger partial charge in [0, 0.05) is 20.2 Å². The number of rotatable bonds is 2. The lowest BCUT2D eigenvalue weighted by molar-refractivity contribution is 0.385. The molecule has 7 nitrogen and oxygen atoms in total. The fraction of sp³-hybridized carbons (Fsp3) is 0.364. The second kappa shape index (κ2) is 4.17. The van der Waals surface area contributed by atoms with Crippen molar-refractivity contribution >= 4 is 11.0 Å². The van der Waals surface area contributed by atoms with Gasteiger partial charge in [0.1, 0.15) is 11.1 Å². The van der Waals surface area contributed by atoms with E-state index < -0.39 is 11.2 Å². The lowest BCUT2D eigenvalue weighted by Crippen LogP contribution is -2.37. The first-order chi connectivity index (χ1) is 8.51. The molecule has 0 amide bonds. The number of hydrogen-bond acceptors (Lipinski definition) is 5. The molecule has 0 fully saturated rings. The van der Waals surface area contributed by atoms with Crippen LogP contribution in [0.1, 0.15) is 0 Å². The second-order valence-corrected chi connectivity index (χ2v) is 3.77. The third kappa shape index (κ3) is 1.55. The van der Waals surface area contributed by atoms with Crippen molar-refractivity contribution in [2.45, 2.75) is 0 Å².